The standard InChI is InChI=1S/C23H28N2O5/c1-14(2)21(25-22(26)17-7-5-6-8-18(17)28-4)23(27)24-15(3)16-9-10-19-20(13-16)30-12-11-29-19/h5-10,13-15,21H,11-12H2,1-4H3,(H,24,27)(H,25,26)/t15?,21-/m0/s1. The first-order valence-electron chi connectivity index (χ1n) is 10.0. The Bertz CT molecular complexity index is 912. The van der Waals surface area contributed by atoms with Crippen LogP contribution in [0.4, 0.5) is 0 Å². The van der Waals surface area contributed by atoms with Crippen LogP contribution in [0.15, 0.2) is 42.5 Å². The van der Waals surface area contributed by atoms with Crippen LogP contribution in [0.1, 0.15) is 42.7 Å². The fraction of sp³-hybridized carbons (Fsp3) is 0.391. The van der Waals surface area contributed by atoms with Crippen LogP contribution >= 0.6 is 0 Å². The number of rotatable bonds is 7. The molecule has 1 aliphatic heterocycles. The zero-order valence-corrected chi connectivity index (χ0v) is 17.7. The molecule has 3 rings (SSSR count). The van der Waals surface area contributed by atoms with Gasteiger partial charge in [0.05, 0.1) is 18.7 Å². The maximum Gasteiger partial charge on any atom is 0.255 e. The summed E-state index contributed by atoms with van der Waals surface area (Å²) in [6.07, 6.45) is 0. The van der Waals surface area contributed by atoms with Crippen LogP contribution in [0.3, 0.4) is 0 Å². The van der Waals surface area contributed by atoms with Gasteiger partial charge in [-0.15, -0.1) is 0 Å². The molecule has 7 heteroatoms. The molecule has 0 saturated carbocycles. The van der Waals surface area contributed by atoms with Gasteiger partial charge in [-0.25, -0.2) is 0 Å². The largest absolute Gasteiger partial charge is 0.496 e. The minimum absolute atomic E-state index is 0.101. The Morgan fingerprint density at radius 3 is 2.37 bits per heavy atom. The predicted octanol–water partition coefficient (Wildman–Crippen LogP) is 3.10. The molecule has 2 atom stereocenters. The van der Waals surface area contributed by atoms with Gasteiger partial charge in [0.2, 0.25) is 5.91 Å². The van der Waals surface area contributed by atoms with Crippen molar-refractivity contribution < 1.29 is 23.8 Å². The molecule has 2 aromatic rings. The number of methoxy groups -OCH3 is 1. The summed E-state index contributed by atoms with van der Waals surface area (Å²) >= 11 is 0. The van der Waals surface area contributed by atoms with Crippen LogP contribution < -0.4 is 24.8 Å². The van der Waals surface area contributed by atoms with Crippen molar-refractivity contribution in [1.82, 2.24) is 10.6 Å². The number of nitrogens with one attached hydrogen (secondary N) is 2. The number of carbonyl (C=O) groups excluding carboxylic acids is 2. The summed E-state index contributed by atoms with van der Waals surface area (Å²) in [5.74, 6) is 1.12. The van der Waals surface area contributed by atoms with Gasteiger partial charge in [-0.05, 0) is 42.7 Å². The van der Waals surface area contributed by atoms with E-state index in [1.807, 2.05) is 39.0 Å². The third kappa shape index (κ3) is 4.84. The monoisotopic (exact) mass is 412 g/mol. The summed E-state index contributed by atoms with van der Waals surface area (Å²) in [7, 11) is 1.51. The van der Waals surface area contributed by atoms with Crippen molar-refractivity contribution in [1.29, 1.82) is 0 Å². The highest BCUT2D eigenvalue weighted by Gasteiger charge is 2.27. The van der Waals surface area contributed by atoms with Gasteiger partial charge in [-0.3, -0.25) is 9.59 Å². The quantitative estimate of drug-likeness (QED) is 0.730. The molecule has 30 heavy (non-hydrogen) atoms. The lowest BCUT2D eigenvalue weighted by atomic mass is 10.0. The van der Waals surface area contributed by atoms with E-state index in [-0.39, 0.29) is 23.8 Å². The normalized spacial score (nSPS) is 14.6. The van der Waals surface area contributed by atoms with Gasteiger partial charge in [-0.2, -0.15) is 0 Å². The first-order chi connectivity index (χ1) is 14.4. The van der Waals surface area contributed by atoms with E-state index >= 15 is 0 Å². The molecule has 2 N–H and O–H groups in total. The molecule has 7 nitrogen and oxygen atoms in total. The molecule has 0 aromatic heterocycles. The Morgan fingerprint density at radius 1 is 0.967 bits per heavy atom. The Balaban J connectivity index is 1.70. The van der Waals surface area contributed by atoms with Gasteiger partial charge in [0.25, 0.3) is 5.91 Å². The molecule has 0 radical (unpaired) electrons. The lowest BCUT2D eigenvalue weighted by Gasteiger charge is -2.25. The van der Waals surface area contributed by atoms with Gasteiger partial charge >= 0.3 is 0 Å². The average molecular weight is 412 g/mol. The van der Waals surface area contributed by atoms with E-state index < -0.39 is 6.04 Å². The maximum atomic E-state index is 13.0. The number of amides is 2. The second-order valence-electron chi connectivity index (χ2n) is 7.53. The van der Waals surface area contributed by atoms with Crippen molar-refractivity contribution in [3.63, 3.8) is 0 Å². The van der Waals surface area contributed by atoms with Crippen LogP contribution in [0.25, 0.3) is 0 Å². The van der Waals surface area contributed by atoms with Gasteiger partial charge in [0.1, 0.15) is 25.0 Å². The van der Waals surface area contributed by atoms with E-state index in [1.165, 1.54) is 7.11 Å². The minimum atomic E-state index is -0.693. The van der Waals surface area contributed by atoms with Crippen LogP contribution in [-0.4, -0.2) is 38.2 Å². The first-order valence-corrected chi connectivity index (χ1v) is 10.0. The molecular formula is C23H28N2O5. The molecule has 160 valence electrons. The van der Waals surface area contributed by atoms with Crippen molar-refractivity contribution in [2.75, 3.05) is 20.3 Å². The molecule has 0 aliphatic carbocycles. The zero-order chi connectivity index (χ0) is 21.7. The number of carbonyl (C=O) groups is 2. The zero-order valence-electron chi connectivity index (χ0n) is 17.7. The summed E-state index contributed by atoms with van der Waals surface area (Å²) in [5.41, 5.74) is 1.28. The van der Waals surface area contributed by atoms with Gasteiger partial charge in [-0.1, -0.05) is 32.0 Å². The lowest BCUT2D eigenvalue weighted by Crippen LogP contribution is -2.50. The molecule has 2 aromatic carbocycles. The highest BCUT2D eigenvalue weighted by atomic mass is 16.6. The van der Waals surface area contributed by atoms with Gasteiger partial charge < -0.3 is 24.8 Å². The highest BCUT2D eigenvalue weighted by Crippen LogP contribution is 2.32. The number of para-hydroxylation sites is 1. The number of ether oxygens (including phenoxy) is 3. The van der Waals surface area contributed by atoms with Crippen LogP contribution in [0, 0.1) is 5.92 Å². The highest BCUT2D eigenvalue weighted by molar-refractivity contribution is 5.99. The predicted molar refractivity (Wildman–Crippen MR) is 113 cm³/mol. The molecular weight excluding hydrogens is 384 g/mol. The third-order valence-electron chi connectivity index (χ3n) is 5.01. The maximum absolute atomic E-state index is 13.0. The number of hydrogen-bond acceptors (Lipinski definition) is 5. The first kappa shape index (κ1) is 21.5. The summed E-state index contributed by atoms with van der Waals surface area (Å²) in [6, 6.07) is 11.6. The summed E-state index contributed by atoms with van der Waals surface area (Å²) in [6.45, 7) is 6.70. The molecule has 0 spiro atoms. The fourth-order valence-electron chi connectivity index (χ4n) is 3.30. The second-order valence-corrected chi connectivity index (χ2v) is 7.53. The lowest BCUT2D eigenvalue weighted by molar-refractivity contribution is -0.124. The van der Waals surface area contributed by atoms with E-state index in [0.29, 0.717) is 36.0 Å². The van der Waals surface area contributed by atoms with Crippen molar-refractivity contribution in [3.05, 3.63) is 53.6 Å². The van der Waals surface area contributed by atoms with Crippen LogP contribution in [0.2, 0.25) is 0 Å². The molecule has 2 amide bonds. The average Bonchev–Trinajstić information content (AvgIpc) is 2.76. The Labute approximate surface area is 176 Å². The van der Waals surface area contributed by atoms with E-state index in [4.69, 9.17) is 14.2 Å². The molecule has 0 fully saturated rings. The summed E-state index contributed by atoms with van der Waals surface area (Å²) < 4.78 is 16.4. The molecule has 1 heterocycles. The van der Waals surface area contributed by atoms with E-state index in [9.17, 15) is 9.59 Å². The number of fused-ring (bicyclic) bond motifs is 1. The topological polar surface area (TPSA) is 85.9 Å². The Morgan fingerprint density at radius 2 is 1.67 bits per heavy atom. The van der Waals surface area contributed by atoms with Crippen molar-refractivity contribution in [2.45, 2.75) is 32.9 Å². The van der Waals surface area contributed by atoms with E-state index in [2.05, 4.69) is 10.6 Å². The minimum Gasteiger partial charge on any atom is -0.496 e. The fourth-order valence-corrected chi connectivity index (χ4v) is 3.30. The van der Waals surface area contributed by atoms with Crippen LogP contribution in [-0.2, 0) is 4.79 Å². The van der Waals surface area contributed by atoms with Crippen molar-refractivity contribution >= 4 is 11.8 Å². The summed E-state index contributed by atoms with van der Waals surface area (Å²) in [5, 5.41) is 5.83. The van der Waals surface area contributed by atoms with Crippen molar-refractivity contribution in [2.24, 2.45) is 5.92 Å². The Kier molecular flexibility index (Phi) is 6.82. The molecule has 1 unspecified atom stereocenters. The molecule has 1 aliphatic rings. The van der Waals surface area contributed by atoms with E-state index in [0.717, 1.165) is 5.56 Å². The molecule has 0 saturated heterocycles. The van der Waals surface area contributed by atoms with E-state index in [1.54, 1.807) is 24.3 Å². The number of benzene rings is 2. The number of hydrogen-bond donors (Lipinski definition) is 2. The summed E-state index contributed by atoms with van der Waals surface area (Å²) in [4.78, 5) is 25.7. The third-order valence-corrected chi connectivity index (χ3v) is 5.01. The van der Waals surface area contributed by atoms with Gasteiger partial charge in [0, 0.05) is 0 Å². The van der Waals surface area contributed by atoms with Gasteiger partial charge in [0.15, 0.2) is 11.5 Å². The SMILES string of the molecule is COc1ccccc1C(=O)N[C@H](C(=O)NC(C)c1ccc2c(c1)OCCO2)C(C)C. The smallest absolute Gasteiger partial charge is 0.255 e. The Hall–Kier alpha value is -3.22. The molecule has 0 bridgehead atoms. The van der Waals surface area contributed by atoms with Crippen LogP contribution in [0.5, 0.6) is 17.2 Å². The van der Waals surface area contributed by atoms with Crippen molar-refractivity contribution in [3.8, 4) is 17.2 Å². The second kappa shape index (κ2) is 9.52.